The highest BCUT2D eigenvalue weighted by Gasteiger charge is 2.44. The standard InChI is InChI=1S/C16H17Cl2F2N3O2/c17-10-1-2-11(12(18)7-10)14(24)22-3-5-23(6-4-22)15(25)13-8-16(19,20)9-21-13/h1-2,7,13,21H,3-6,8-9H2. The van der Waals surface area contributed by atoms with Gasteiger partial charge in [-0.2, -0.15) is 0 Å². The lowest BCUT2D eigenvalue weighted by Gasteiger charge is -2.36. The summed E-state index contributed by atoms with van der Waals surface area (Å²) >= 11 is 11.9. The van der Waals surface area contributed by atoms with E-state index in [0.717, 1.165) is 0 Å². The number of amides is 2. The summed E-state index contributed by atoms with van der Waals surface area (Å²) in [4.78, 5) is 28.0. The highest BCUT2D eigenvalue weighted by Crippen LogP contribution is 2.27. The van der Waals surface area contributed by atoms with Crippen LogP contribution in [-0.4, -0.2) is 66.3 Å². The molecule has 1 unspecified atom stereocenters. The van der Waals surface area contributed by atoms with Crippen LogP contribution in [0.1, 0.15) is 16.8 Å². The van der Waals surface area contributed by atoms with Gasteiger partial charge in [0.25, 0.3) is 11.8 Å². The molecule has 0 bridgehead atoms. The first-order chi connectivity index (χ1) is 11.8. The smallest absolute Gasteiger partial charge is 0.262 e. The van der Waals surface area contributed by atoms with Crippen molar-refractivity contribution in [3.05, 3.63) is 33.8 Å². The van der Waals surface area contributed by atoms with Crippen LogP contribution in [0.3, 0.4) is 0 Å². The molecular formula is C16H17Cl2F2N3O2. The molecule has 1 aromatic carbocycles. The molecule has 1 aromatic rings. The fourth-order valence-corrected chi connectivity index (χ4v) is 3.56. The van der Waals surface area contributed by atoms with Crippen molar-refractivity contribution in [1.29, 1.82) is 0 Å². The number of nitrogens with zero attached hydrogens (tertiary/aromatic N) is 2. The van der Waals surface area contributed by atoms with Gasteiger partial charge in [-0.3, -0.25) is 14.9 Å². The Morgan fingerprint density at radius 3 is 2.32 bits per heavy atom. The third-order valence-corrected chi connectivity index (χ3v) is 5.00. The second-order valence-electron chi connectivity index (χ2n) is 6.24. The maximum atomic E-state index is 13.2. The molecule has 2 heterocycles. The average Bonchev–Trinajstić information content (AvgIpc) is 2.94. The lowest BCUT2D eigenvalue weighted by atomic mass is 10.1. The minimum atomic E-state index is -2.84. The van der Waals surface area contributed by atoms with E-state index in [4.69, 9.17) is 23.2 Å². The molecule has 3 rings (SSSR count). The van der Waals surface area contributed by atoms with Crippen LogP contribution >= 0.6 is 23.2 Å². The number of carbonyl (C=O) groups excluding carboxylic acids is 2. The van der Waals surface area contributed by atoms with E-state index in [-0.39, 0.29) is 16.8 Å². The van der Waals surface area contributed by atoms with Gasteiger partial charge in [0.2, 0.25) is 5.91 Å². The summed E-state index contributed by atoms with van der Waals surface area (Å²) in [6.07, 6.45) is -0.481. The molecule has 0 aromatic heterocycles. The number of nitrogens with one attached hydrogen (secondary N) is 1. The minimum absolute atomic E-state index is 0.237. The Balaban J connectivity index is 1.58. The lowest BCUT2D eigenvalue weighted by Crippen LogP contribution is -2.54. The van der Waals surface area contributed by atoms with E-state index in [0.29, 0.717) is 36.8 Å². The topological polar surface area (TPSA) is 52.7 Å². The van der Waals surface area contributed by atoms with Crippen molar-refractivity contribution < 1.29 is 18.4 Å². The van der Waals surface area contributed by atoms with E-state index in [1.54, 1.807) is 17.0 Å². The summed E-state index contributed by atoms with van der Waals surface area (Å²) < 4.78 is 26.5. The zero-order valence-corrected chi connectivity index (χ0v) is 14.8. The second kappa shape index (κ2) is 7.05. The molecule has 136 valence electrons. The molecule has 0 saturated carbocycles. The number of carbonyl (C=O) groups is 2. The van der Waals surface area contributed by atoms with Crippen LogP contribution < -0.4 is 5.32 Å². The van der Waals surface area contributed by atoms with Gasteiger partial charge in [-0.1, -0.05) is 23.2 Å². The van der Waals surface area contributed by atoms with E-state index in [1.807, 2.05) is 0 Å². The molecule has 2 aliphatic heterocycles. The molecule has 1 N–H and O–H groups in total. The van der Waals surface area contributed by atoms with Crippen LogP contribution in [0.4, 0.5) is 8.78 Å². The van der Waals surface area contributed by atoms with Crippen LogP contribution in [0.5, 0.6) is 0 Å². The largest absolute Gasteiger partial charge is 0.338 e. The van der Waals surface area contributed by atoms with Gasteiger partial charge >= 0.3 is 0 Å². The van der Waals surface area contributed by atoms with E-state index >= 15 is 0 Å². The highest BCUT2D eigenvalue weighted by molar-refractivity contribution is 6.36. The molecule has 2 fully saturated rings. The Morgan fingerprint density at radius 1 is 1.12 bits per heavy atom. The predicted octanol–water partition coefficient (Wildman–Crippen LogP) is 2.28. The van der Waals surface area contributed by atoms with Gasteiger partial charge in [0.15, 0.2) is 0 Å². The fourth-order valence-electron chi connectivity index (χ4n) is 3.07. The summed E-state index contributed by atoms with van der Waals surface area (Å²) in [6.45, 7) is 0.787. The summed E-state index contributed by atoms with van der Waals surface area (Å²) in [5.74, 6) is -3.42. The third-order valence-electron chi connectivity index (χ3n) is 4.45. The summed E-state index contributed by atoms with van der Waals surface area (Å²) in [5.41, 5.74) is 0.350. The number of benzene rings is 1. The minimum Gasteiger partial charge on any atom is -0.338 e. The average molecular weight is 392 g/mol. The molecule has 2 amide bonds. The van der Waals surface area contributed by atoms with Gasteiger partial charge in [0.1, 0.15) is 0 Å². The Bertz CT molecular complexity index is 694. The predicted molar refractivity (Wildman–Crippen MR) is 90.3 cm³/mol. The van der Waals surface area contributed by atoms with E-state index in [2.05, 4.69) is 5.32 Å². The van der Waals surface area contributed by atoms with Crippen LogP contribution in [-0.2, 0) is 4.79 Å². The van der Waals surface area contributed by atoms with Crippen molar-refractivity contribution in [2.45, 2.75) is 18.4 Å². The molecular weight excluding hydrogens is 375 g/mol. The van der Waals surface area contributed by atoms with Gasteiger partial charge in [0, 0.05) is 37.6 Å². The van der Waals surface area contributed by atoms with Crippen LogP contribution in [0, 0.1) is 0 Å². The van der Waals surface area contributed by atoms with Gasteiger partial charge in [-0.05, 0) is 18.2 Å². The number of alkyl halides is 2. The van der Waals surface area contributed by atoms with Crippen molar-refractivity contribution in [3.8, 4) is 0 Å². The maximum Gasteiger partial charge on any atom is 0.262 e. The molecule has 25 heavy (non-hydrogen) atoms. The van der Waals surface area contributed by atoms with Gasteiger partial charge in [-0.25, -0.2) is 8.78 Å². The monoisotopic (exact) mass is 391 g/mol. The Hall–Kier alpha value is -1.44. The second-order valence-corrected chi connectivity index (χ2v) is 7.08. The summed E-state index contributed by atoms with van der Waals surface area (Å²) in [6, 6.07) is 3.80. The lowest BCUT2D eigenvalue weighted by molar-refractivity contribution is -0.135. The molecule has 0 aliphatic carbocycles. The Labute approximate surface area is 153 Å². The SMILES string of the molecule is O=C(c1ccc(Cl)cc1Cl)N1CCN(C(=O)C2CC(F)(F)CN2)CC1. The summed E-state index contributed by atoms with van der Waals surface area (Å²) in [5, 5.41) is 3.28. The third kappa shape index (κ3) is 4.04. The number of halogens is 4. The molecule has 9 heteroatoms. The number of hydrogen-bond acceptors (Lipinski definition) is 3. The summed E-state index contributed by atoms with van der Waals surface area (Å²) in [7, 11) is 0. The van der Waals surface area contributed by atoms with Crippen LogP contribution in [0.2, 0.25) is 10.0 Å². The zero-order valence-electron chi connectivity index (χ0n) is 13.3. The number of rotatable bonds is 2. The maximum absolute atomic E-state index is 13.2. The van der Waals surface area contributed by atoms with Crippen molar-refractivity contribution in [2.75, 3.05) is 32.7 Å². The number of hydrogen-bond donors (Lipinski definition) is 1. The normalized spacial score (nSPS) is 23.0. The zero-order chi connectivity index (χ0) is 18.2. The quantitative estimate of drug-likeness (QED) is 0.841. The Morgan fingerprint density at radius 2 is 1.76 bits per heavy atom. The Kier molecular flexibility index (Phi) is 5.18. The molecule has 2 aliphatic rings. The van der Waals surface area contributed by atoms with E-state index < -0.39 is 24.9 Å². The van der Waals surface area contributed by atoms with E-state index in [9.17, 15) is 18.4 Å². The van der Waals surface area contributed by atoms with Crippen LogP contribution in [0.15, 0.2) is 18.2 Å². The fraction of sp³-hybridized carbons (Fsp3) is 0.500. The first-order valence-corrected chi connectivity index (χ1v) is 8.67. The van der Waals surface area contributed by atoms with Crippen molar-refractivity contribution in [1.82, 2.24) is 15.1 Å². The van der Waals surface area contributed by atoms with Crippen molar-refractivity contribution >= 4 is 35.0 Å². The van der Waals surface area contributed by atoms with Gasteiger partial charge in [-0.15, -0.1) is 0 Å². The van der Waals surface area contributed by atoms with Crippen molar-refractivity contribution in [3.63, 3.8) is 0 Å². The molecule has 1 atom stereocenters. The first kappa shape index (κ1) is 18.4. The molecule has 0 spiro atoms. The number of piperazine rings is 1. The molecule has 0 radical (unpaired) electrons. The van der Waals surface area contributed by atoms with Gasteiger partial charge < -0.3 is 9.80 Å². The van der Waals surface area contributed by atoms with Crippen LogP contribution in [0.25, 0.3) is 0 Å². The van der Waals surface area contributed by atoms with E-state index in [1.165, 1.54) is 11.0 Å². The molecule has 5 nitrogen and oxygen atoms in total. The highest BCUT2D eigenvalue weighted by atomic mass is 35.5. The van der Waals surface area contributed by atoms with Crippen molar-refractivity contribution in [2.24, 2.45) is 0 Å². The van der Waals surface area contributed by atoms with Gasteiger partial charge in [0.05, 0.1) is 23.2 Å². The first-order valence-electron chi connectivity index (χ1n) is 7.91. The molecule has 2 saturated heterocycles.